The van der Waals surface area contributed by atoms with Crippen LogP contribution in [0.25, 0.3) is 11.1 Å². The van der Waals surface area contributed by atoms with E-state index in [0.717, 1.165) is 28.6 Å². The molecule has 29 heavy (non-hydrogen) atoms. The molecule has 2 aromatic carbocycles. The average Bonchev–Trinajstić information content (AvgIpc) is 2.73. The molecule has 0 atom stereocenters. The van der Waals surface area contributed by atoms with Crippen LogP contribution in [0.2, 0.25) is 0 Å². The Balaban J connectivity index is 1.54. The molecule has 0 radical (unpaired) electrons. The number of alkyl halides is 3. The van der Waals surface area contributed by atoms with E-state index in [1.807, 2.05) is 30.3 Å². The Morgan fingerprint density at radius 2 is 1.72 bits per heavy atom. The van der Waals surface area contributed by atoms with Crippen LogP contribution in [0.3, 0.4) is 0 Å². The van der Waals surface area contributed by atoms with E-state index in [4.69, 9.17) is 4.74 Å². The molecule has 1 heterocycles. The summed E-state index contributed by atoms with van der Waals surface area (Å²) < 4.78 is 44.5. The van der Waals surface area contributed by atoms with E-state index in [2.05, 4.69) is 15.6 Å². The van der Waals surface area contributed by atoms with Gasteiger partial charge in [-0.25, -0.2) is 0 Å². The summed E-state index contributed by atoms with van der Waals surface area (Å²) in [4.78, 5) is 4.02. The predicted octanol–water partition coefficient (Wildman–Crippen LogP) is 4.98. The number of ether oxygens (including phenoxy) is 1. The molecule has 3 aromatic rings. The highest BCUT2D eigenvalue weighted by molar-refractivity contribution is 5.73. The van der Waals surface area contributed by atoms with Crippen LogP contribution in [0.15, 0.2) is 67.0 Å². The number of hydrogen-bond acceptors (Lipinski definition) is 4. The Bertz CT molecular complexity index is 930. The zero-order chi connectivity index (χ0) is 20.7. The van der Waals surface area contributed by atoms with E-state index in [0.29, 0.717) is 13.1 Å². The first-order valence-electron chi connectivity index (χ1n) is 9.17. The summed E-state index contributed by atoms with van der Waals surface area (Å²) in [6, 6.07) is 15.2. The van der Waals surface area contributed by atoms with Crippen LogP contribution in [0, 0.1) is 0 Å². The molecule has 0 aliphatic rings. The van der Waals surface area contributed by atoms with Crippen LogP contribution in [0.1, 0.15) is 11.1 Å². The summed E-state index contributed by atoms with van der Waals surface area (Å²) in [5.41, 5.74) is 2.48. The summed E-state index contributed by atoms with van der Waals surface area (Å²) in [7, 11) is 1.61. The number of hydrogen-bond donors (Lipinski definition) is 2. The number of anilines is 1. The van der Waals surface area contributed by atoms with Gasteiger partial charge < -0.3 is 15.4 Å². The van der Waals surface area contributed by atoms with E-state index in [9.17, 15) is 13.2 Å². The monoisotopic (exact) mass is 401 g/mol. The lowest BCUT2D eigenvalue weighted by atomic mass is 10.1. The van der Waals surface area contributed by atoms with Crippen LogP contribution in [0.4, 0.5) is 18.9 Å². The summed E-state index contributed by atoms with van der Waals surface area (Å²) >= 11 is 0. The van der Waals surface area contributed by atoms with Gasteiger partial charge in [0.25, 0.3) is 0 Å². The minimum Gasteiger partial charge on any atom is -0.496 e. The van der Waals surface area contributed by atoms with Crippen molar-refractivity contribution < 1.29 is 17.9 Å². The molecule has 0 unspecified atom stereocenters. The summed E-state index contributed by atoms with van der Waals surface area (Å²) in [5.74, 6) is 0.730. The van der Waals surface area contributed by atoms with Gasteiger partial charge in [0.05, 0.1) is 12.7 Å². The van der Waals surface area contributed by atoms with Crippen molar-refractivity contribution >= 4 is 5.69 Å². The van der Waals surface area contributed by atoms with Crippen LogP contribution in [-0.2, 0) is 12.7 Å². The number of pyridine rings is 1. The van der Waals surface area contributed by atoms with Gasteiger partial charge in [-0.1, -0.05) is 18.2 Å². The van der Waals surface area contributed by atoms with Crippen molar-refractivity contribution in [2.45, 2.75) is 12.7 Å². The lowest BCUT2D eigenvalue weighted by Crippen LogP contribution is -2.23. The van der Waals surface area contributed by atoms with Crippen molar-refractivity contribution in [1.29, 1.82) is 0 Å². The van der Waals surface area contributed by atoms with Crippen LogP contribution in [-0.4, -0.2) is 25.2 Å². The second kappa shape index (κ2) is 9.43. The van der Waals surface area contributed by atoms with Crippen molar-refractivity contribution in [3.63, 3.8) is 0 Å². The maximum Gasteiger partial charge on any atom is 0.416 e. The van der Waals surface area contributed by atoms with E-state index in [1.54, 1.807) is 25.6 Å². The van der Waals surface area contributed by atoms with Crippen molar-refractivity contribution in [2.24, 2.45) is 0 Å². The fourth-order valence-corrected chi connectivity index (χ4v) is 3.04. The van der Waals surface area contributed by atoms with Crippen LogP contribution < -0.4 is 15.4 Å². The average molecular weight is 401 g/mol. The zero-order valence-electron chi connectivity index (χ0n) is 16.0. The van der Waals surface area contributed by atoms with Crippen molar-refractivity contribution in [3.8, 4) is 16.9 Å². The molecule has 0 saturated heterocycles. The van der Waals surface area contributed by atoms with Crippen molar-refractivity contribution in [3.05, 3.63) is 78.1 Å². The highest BCUT2D eigenvalue weighted by Gasteiger charge is 2.32. The predicted molar refractivity (Wildman–Crippen MR) is 108 cm³/mol. The minimum absolute atomic E-state index is 0.154. The first-order valence-corrected chi connectivity index (χ1v) is 9.17. The van der Waals surface area contributed by atoms with Gasteiger partial charge >= 0.3 is 6.18 Å². The van der Waals surface area contributed by atoms with Gasteiger partial charge in [-0.3, -0.25) is 4.98 Å². The lowest BCUT2D eigenvalue weighted by Gasteiger charge is -2.14. The standard InChI is InChI=1S/C22H22F3N3O/c1-29-21-14-18(6-7-19(21)16-8-10-26-11-9-16)28-13-12-27-15-17-4-2-3-5-20(17)22(23,24)25/h2-11,14,27-28H,12-13,15H2,1H3. The third-order valence-corrected chi connectivity index (χ3v) is 4.46. The Kier molecular flexibility index (Phi) is 6.72. The smallest absolute Gasteiger partial charge is 0.416 e. The fraction of sp³-hybridized carbons (Fsp3) is 0.227. The maximum absolute atomic E-state index is 13.0. The summed E-state index contributed by atoms with van der Waals surface area (Å²) in [6.07, 6.45) is -0.892. The van der Waals surface area contributed by atoms with Gasteiger partial charge in [0.1, 0.15) is 5.75 Å². The highest BCUT2D eigenvalue weighted by atomic mass is 19.4. The Morgan fingerprint density at radius 3 is 2.45 bits per heavy atom. The molecule has 0 aliphatic heterocycles. The number of nitrogens with zero attached hydrogens (tertiary/aromatic N) is 1. The van der Waals surface area contributed by atoms with Gasteiger partial charge in [0.15, 0.2) is 0 Å². The molecular formula is C22H22F3N3O. The number of nitrogens with one attached hydrogen (secondary N) is 2. The Labute approximate surface area is 167 Å². The molecule has 152 valence electrons. The highest BCUT2D eigenvalue weighted by Crippen LogP contribution is 2.32. The maximum atomic E-state index is 13.0. The van der Waals surface area contributed by atoms with Gasteiger partial charge in [0, 0.05) is 49.3 Å². The first kappa shape index (κ1) is 20.7. The minimum atomic E-state index is -4.34. The van der Waals surface area contributed by atoms with E-state index in [1.165, 1.54) is 12.1 Å². The van der Waals surface area contributed by atoms with E-state index in [-0.39, 0.29) is 12.1 Å². The Hall–Kier alpha value is -3.06. The number of methoxy groups -OCH3 is 1. The molecule has 0 spiro atoms. The van der Waals surface area contributed by atoms with E-state index < -0.39 is 11.7 Å². The van der Waals surface area contributed by atoms with Gasteiger partial charge in [-0.2, -0.15) is 13.2 Å². The third kappa shape index (κ3) is 5.48. The molecule has 0 bridgehead atoms. The molecule has 0 amide bonds. The summed E-state index contributed by atoms with van der Waals surface area (Å²) in [5, 5.41) is 6.30. The topological polar surface area (TPSA) is 46.2 Å². The zero-order valence-corrected chi connectivity index (χ0v) is 16.0. The largest absolute Gasteiger partial charge is 0.496 e. The molecular weight excluding hydrogens is 379 g/mol. The van der Waals surface area contributed by atoms with Crippen LogP contribution in [0.5, 0.6) is 5.75 Å². The van der Waals surface area contributed by atoms with Gasteiger partial charge in [0.2, 0.25) is 0 Å². The summed E-state index contributed by atoms with van der Waals surface area (Å²) in [6.45, 7) is 1.23. The molecule has 7 heteroatoms. The number of aromatic nitrogens is 1. The fourth-order valence-electron chi connectivity index (χ4n) is 3.04. The molecule has 4 nitrogen and oxygen atoms in total. The molecule has 0 fully saturated rings. The lowest BCUT2D eigenvalue weighted by molar-refractivity contribution is -0.138. The first-order chi connectivity index (χ1) is 14.0. The van der Waals surface area contributed by atoms with E-state index >= 15 is 0 Å². The van der Waals surface area contributed by atoms with Crippen molar-refractivity contribution in [1.82, 2.24) is 10.3 Å². The van der Waals surface area contributed by atoms with Gasteiger partial charge in [-0.05, 0) is 41.5 Å². The second-order valence-corrected chi connectivity index (χ2v) is 6.41. The third-order valence-electron chi connectivity index (χ3n) is 4.46. The van der Waals surface area contributed by atoms with Crippen LogP contribution >= 0.6 is 0 Å². The molecule has 0 aliphatic carbocycles. The van der Waals surface area contributed by atoms with Gasteiger partial charge in [-0.15, -0.1) is 0 Å². The normalized spacial score (nSPS) is 11.3. The SMILES string of the molecule is COc1cc(NCCNCc2ccccc2C(F)(F)F)ccc1-c1ccncc1. The quantitative estimate of drug-likeness (QED) is 0.523. The Morgan fingerprint density at radius 1 is 0.966 bits per heavy atom. The second-order valence-electron chi connectivity index (χ2n) is 6.41. The molecule has 2 N–H and O–H groups in total. The number of rotatable bonds is 8. The number of halogens is 3. The molecule has 3 rings (SSSR count). The molecule has 0 saturated carbocycles. The number of benzene rings is 2. The van der Waals surface area contributed by atoms with Crippen molar-refractivity contribution in [2.75, 3.05) is 25.5 Å². The molecule has 1 aromatic heterocycles.